The lowest BCUT2D eigenvalue weighted by Gasteiger charge is -2.47. The molecule has 0 amide bonds. The molecule has 6 nitrogen and oxygen atoms in total. The maximum atomic E-state index is 11.1. The average Bonchev–Trinajstić information content (AvgIpc) is 2.48. The van der Waals surface area contributed by atoms with Crippen LogP contribution in [-0.2, 0) is 19.0 Å². The van der Waals surface area contributed by atoms with Crippen LogP contribution in [0.25, 0.3) is 0 Å². The summed E-state index contributed by atoms with van der Waals surface area (Å²) in [5.74, 6) is -0.859. The molecule has 1 spiro atoms. The number of morpholine rings is 1. The first kappa shape index (κ1) is 14.3. The molecule has 2 atom stereocenters. The SMILES string of the molecule is O=C(O)C1CN(C2CCOC3(CCOCC3)C2)CCO1. The predicted molar refractivity (Wildman–Crippen MR) is 70.7 cm³/mol. The van der Waals surface area contributed by atoms with E-state index in [1.807, 2.05) is 0 Å². The van der Waals surface area contributed by atoms with Crippen molar-refractivity contribution in [3.05, 3.63) is 0 Å². The van der Waals surface area contributed by atoms with Gasteiger partial charge >= 0.3 is 5.97 Å². The molecule has 114 valence electrons. The number of rotatable bonds is 2. The highest BCUT2D eigenvalue weighted by atomic mass is 16.5. The number of hydrogen-bond donors (Lipinski definition) is 1. The average molecular weight is 285 g/mol. The number of ether oxygens (including phenoxy) is 3. The molecule has 0 radical (unpaired) electrons. The van der Waals surface area contributed by atoms with E-state index in [4.69, 9.17) is 19.3 Å². The van der Waals surface area contributed by atoms with Crippen molar-refractivity contribution in [2.45, 2.75) is 43.4 Å². The minimum absolute atomic E-state index is 0.0435. The Labute approximate surface area is 119 Å². The van der Waals surface area contributed by atoms with Crippen LogP contribution < -0.4 is 0 Å². The lowest BCUT2D eigenvalue weighted by atomic mass is 9.83. The van der Waals surface area contributed by atoms with Gasteiger partial charge in [-0.05, 0) is 25.7 Å². The van der Waals surface area contributed by atoms with E-state index < -0.39 is 12.1 Å². The molecule has 0 aromatic heterocycles. The molecule has 0 aromatic carbocycles. The molecule has 1 N–H and O–H groups in total. The Morgan fingerprint density at radius 1 is 1.20 bits per heavy atom. The summed E-state index contributed by atoms with van der Waals surface area (Å²) in [5.41, 5.74) is -0.0435. The van der Waals surface area contributed by atoms with E-state index in [1.165, 1.54) is 0 Å². The van der Waals surface area contributed by atoms with Crippen molar-refractivity contribution in [2.75, 3.05) is 39.5 Å². The zero-order valence-electron chi connectivity index (χ0n) is 11.8. The van der Waals surface area contributed by atoms with Crippen molar-refractivity contribution in [1.29, 1.82) is 0 Å². The van der Waals surface area contributed by atoms with E-state index in [0.29, 0.717) is 19.2 Å². The minimum atomic E-state index is -0.859. The second-order valence-corrected chi connectivity index (χ2v) is 5.98. The molecule has 20 heavy (non-hydrogen) atoms. The molecule has 0 aromatic rings. The van der Waals surface area contributed by atoms with Crippen LogP contribution in [0.2, 0.25) is 0 Å². The quantitative estimate of drug-likeness (QED) is 0.797. The number of carbonyl (C=O) groups is 1. The Balaban J connectivity index is 1.62. The van der Waals surface area contributed by atoms with Gasteiger partial charge in [-0.2, -0.15) is 0 Å². The van der Waals surface area contributed by atoms with Crippen molar-refractivity contribution < 1.29 is 24.1 Å². The third-order valence-electron chi connectivity index (χ3n) is 4.76. The highest BCUT2D eigenvalue weighted by Crippen LogP contribution is 2.36. The van der Waals surface area contributed by atoms with Crippen LogP contribution in [0.3, 0.4) is 0 Å². The summed E-state index contributed by atoms with van der Waals surface area (Å²) in [6.07, 6.45) is 3.20. The zero-order valence-corrected chi connectivity index (χ0v) is 11.8. The Hall–Kier alpha value is -0.690. The number of carboxylic acids is 1. The molecule has 0 bridgehead atoms. The largest absolute Gasteiger partial charge is 0.479 e. The van der Waals surface area contributed by atoms with E-state index >= 15 is 0 Å². The van der Waals surface area contributed by atoms with Gasteiger partial charge in [-0.1, -0.05) is 0 Å². The van der Waals surface area contributed by atoms with E-state index in [-0.39, 0.29) is 5.60 Å². The van der Waals surface area contributed by atoms with Crippen molar-refractivity contribution in [1.82, 2.24) is 4.90 Å². The van der Waals surface area contributed by atoms with Crippen molar-refractivity contribution in [3.63, 3.8) is 0 Å². The number of carboxylic acid groups (broad SMARTS) is 1. The van der Waals surface area contributed by atoms with Crippen molar-refractivity contribution in [3.8, 4) is 0 Å². The second kappa shape index (κ2) is 5.97. The fourth-order valence-corrected chi connectivity index (χ4v) is 3.56. The van der Waals surface area contributed by atoms with Gasteiger partial charge in [0.1, 0.15) is 0 Å². The molecule has 3 fully saturated rings. The molecular formula is C14H23NO5. The normalized spacial score (nSPS) is 35.0. The van der Waals surface area contributed by atoms with E-state index in [0.717, 1.165) is 52.0 Å². The predicted octanol–water partition coefficient (Wildman–Crippen LogP) is 0.500. The summed E-state index contributed by atoms with van der Waals surface area (Å²) in [7, 11) is 0. The van der Waals surface area contributed by atoms with Gasteiger partial charge in [0.25, 0.3) is 0 Å². The molecular weight excluding hydrogens is 262 g/mol. The Bertz CT molecular complexity index is 350. The number of hydrogen-bond acceptors (Lipinski definition) is 5. The molecule has 6 heteroatoms. The van der Waals surface area contributed by atoms with Crippen LogP contribution in [0.15, 0.2) is 0 Å². The molecule has 3 heterocycles. The molecule has 3 aliphatic heterocycles. The third-order valence-corrected chi connectivity index (χ3v) is 4.76. The van der Waals surface area contributed by atoms with E-state index in [1.54, 1.807) is 0 Å². The van der Waals surface area contributed by atoms with Gasteiger partial charge < -0.3 is 19.3 Å². The fraction of sp³-hybridized carbons (Fsp3) is 0.929. The Morgan fingerprint density at radius 2 is 2.00 bits per heavy atom. The van der Waals surface area contributed by atoms with Gasteiger partial charge in [0, 0.05) is 39.0 Å². The maximum Gasteiger partial charge on any atom is 0.334 e. The van der Waals surface area contributed by atoms with Crippen molar-refractivity contribution >= 4 is 5.97 Å². The molecule has 3 aliphatic rings. The Morgan fingerprint density at radius 3 is 2.75 bits per heavy atom. The minimum Gasteiger partial charge on any atom is -0.479 e. The van der Waals surface area contributed by atoms with Gasteiger partial charge in [-0.25, -0.2) is 4.79 Å². The van der Waals surface area contributed by atoms with E-state index in [9.17, 15) is 4.79 Å². The Kier molecular flexibility index (Phi) is 4.26. The highest BCUT2D eigenvalue weighted by molar-refractivity contribution is 5.72. The van der Waals surface area contributed by atoms with Gasteiger partial charge in [0.15, 0.2) is 6.10 Å². The lowest BCUT2D eigenvalue weighted by molar-refractivity contribution is -0.169. The van der Waals surface area contributed by atoms with Crippen molar-refractivity contribution in [2.24, 2.45) is 0 Å². The summed E-state index contributed by atoms with van der Waals surface area (Å²) < 4.78 is 16.8. The summed E-state index contributed by atoms with van der Waals surface area (Å²) in [6, 6.07) is 0.410. The van der Waals surface area contributed by atoms with E-state index in [2.05, 4.69) is 4.90 Å². The monoisotopic (exact) mass is 285 g/mol. The molecule has 3 saturated heterocycles. The smallest absolute Gasteiger partial charge is 0.334 e. The first-order chi connectivity index (χ1) is 9.69. The molecule has 2 unspecified atom stereocenters. The highest BCUT2D eigenvalue weighted by Gasteiger charge is 2.42. The van der Waals surface area contributed by atoms with Gasteiger partial charge in [0.2, 0.25) is 0 Å². The third kappa shape index (κ3) is 2.98. The van der Waals surface area contributed by atoms with Crippen LogP contribution in [0.5, 0.6) is 0 Å². The zero-order chi connectivity index (χ0) is 14.0. The van der Waals surface area contributed by atoms with Gasteiger partial charge in [-0.3, -0.25) is 4.90 Å². The first-order valence-corrected chi connectivity index (χ1v) is 7.49. The standard InChI is InChI=1S/C14H23NO5/c16-13(17)12-10-15(4-8-19-12)11-1-5-20-14(9-11)2-6-18-7-3-14/h11-12H,1-10H2,(H,16,17). The molecule has 0 saturated carbocycles. The summed E-state index contributed by atoms with van der Waals surface area (Å²) in [5, 5.41) is 9.10. The topological polar surface area (TPSA) is 68.2 Å². The number of nitrogens with zero attached hydrogens (tertiary/aromatic N) is 1. The summed E-state index contributed by atoms with van der Waals surface area (Å²) in [6.45, 7) is 4.12. The fourth-order valence-electron chi connectivity index (χ4n) is 3.56. The van der Waals surface area contributed by atoms with Crippen LogP contribution in [0.1, 0.15) is 25.7 Å². The molecule has 3 rings (SSSR count). The maximum absolute atomic E-state index is 11.1. The first-order valence-electron chi connectivity index (χ1n) is 7.49. The van der Waals surface area contributed by atoms with Crippen LogP contribution >= 0.6 is 0 Å². The van der Waals surface area contributed by atoms with Crippen LogP contribution in [0, 0.1) is 0 Å². The van der Waals surface area contributed by atoms with Gasteiger partial charge in [-0.15, -0.1) is 0 Å². The lowest BCUT2D eigenvalue weighted by Crippen LogP contribution is -2.56. The van der Waals surface area contributed by atoms with Gasteiger partial charge in [0.05, 0.1) is 12.2 Å². The summed E-state index contributed by atoms with van der Waals surface area (Å²) >= 11 is 0. The second-order valence-electron chi connectivity index (χ2n) is 5.98. The van der Waals surface area contributed by atoms with Crippen LogP contribution in [-0.4, -0.2) is 73.2 Å². The molecule has 0 aliphatic carbocycles. The number of aliphatic carboxylic acids is 1. The van der Waals surface area contributed by atoms with Crippen LogP contribution in [0.4, 0.5) is 0 Å². The summed E-state index contributed by atoms with van der Waals surface area (Å²) in [4.78, 5) is 13.4.